The summed E-state index contributed by atoms with van der Waals surface area (Å²) >= 11 is 0. The zero-order valence-electron chi connectivity index (χ0n) is 10.3. The molecule has 0 bridgehead atoms. The first kappa shape index (κ1) is 11.9. The van der Waals surface area contributed by atoms with Gasteiger partial charge in [0.05, 0.1) is 5.92 Å². The van der Waals surface area contributed by atoms with Crippen molar-refractivity contribution in [2.75, 3.05) is 32.7 Å². The number of nitrogens with zero attached hydrogens (tertiary/aromatic N) is 1. The minimum atomic E-state index is 0.225. The molecule has 1 unspecified atom stereocenters. The van der Waals surface area contributed by atoms with E-state index in [1.54, 1.807) is 0 Å². The van der Waals surface area contributed by atoms with Crippen molar-refractivity contribution in [1.82, 2.24) is 15.5 Å². The molecule has 0 aliphatic carbocycles. The standard InChI is InChI=1S/C12H23N3O/c1-9(2)15-4-3-10(8-15)5-14-12(16)11-6-13-7-11/h9-11,13H,3-8H2,1-2H3,(H,14,16). The van der Waals surface area contributed by atoms with Gasteiger partial charge in [0.2, 0.25) is 5.91 Å². The molecule has 4 heteroatoms. The molecule has 2 saturated heterocycles. The minimum absolute atomic E-state index is 0.225. The van der Waals surface area contributed by atoms with Crippen LogP contribution in [0.3, 0.4) is 0 Å². The van der Waals surface area contributed by atoms with Gasteiger partial charge >= 0.3 is 0 Å². The van der Waals surface area contributed by atoms with Crippen LogP contribution in [-0.2, 0) is 4.79 Å². The van der Waals surface area contributed by atoms with Crippen LogP contribution in [0.2, 0.25) is 0 Å². The molecule has 1 amide bonds. The maximum Gasteiger partial charge on any atom is 0.225 e. The molecular weight excluding hydrogens is 202 g/mol. The van der Waals surface area contributed by atoms with Gasteiger partial charge in [-0.2, -0.15) is 0 Å². The summed E-state index contributed by atoms with van der Waals surface area (Å²) in [5, 5.41) is 6.20. The second kappa shape index (κ2) is 5.15. The van der Waals surface area contributed by atoms with Gasteiger partial charge in [-0.25, -0.2) is 0 Å². The summed E-state index contributed by atoms with van der Waals surface area (Å²) in [6, 6.07) is 0.636. The molecule has 92 valence electrons. The maximum absolute atomic E-state index is 11.6. The molecule has 0 spiro atoms. The first-order valence-corrected chi connectivity index (χ1v) is 6.39. The molecule has 1 atom stereocenters. The Balaban J connectivity index is 1.65. The summed E-state index contributed by atoms with van der Waals surface area (Å²) in [7, 11) is 0. The van der Waals surface area contributed by atoms with Crippen LogP contribution in [0.1, 0.15) is 20.3 Å². The molecule has 2 rings (SSSR count). The number of hydrogen-bond donors (Lipinski definition) is 2. The number of amides is 1. The van der Waals surface area contributed by atoms with Gasteiger partial charge in [0.1, 0.15) is 0 Å². The van der Waals surface area contributed by atoms with E-state index in [4.69, 9.17) is 0 Å². The topological polar surface area (TPSA) is 44.4 Å². The second-order valence-electron chi connectivity index (χ2n) is 5.34. The van der Waals surface area contributed by atoms with Gasteiger partial charge in [0.25, 0.3) is 0 Å². The molecule has 0 aromatic heterocycles. The molecule has 2 aliphatic rings. The van der Waals surface area contributed by atoms with E-state index in [1.807, 2.05) is 0 Å². The molecule has 2 N–H and O–H groups in total. The highest BCUT2D eigenvalue weighted by atomic mass is 16.2. The predicted molar refractivity (Wildman–Crippen MR) is 64.2 cm³/mol. The van der Waals surface area contributed by atoms with Gasteiger partial charge in [-0.05, 0) is 32.7 Å². The fourth-order valence-corrected chi connectivity index (χ4v) is 2.36. The maximum atomic E-state index is 11.6. The van der Waals surface area contributed by atoms with Crippen LogP contribution in [0, 0.1) is 11.8 Å². The molecule has 2 heterocycles. The zero-order chi connectivity index (χ0) is 11.5. The van der Waals surface area contributed by atoms with Crippen LogP contribution in [-0.4, -0.2) is 49.6 Å². The third-order valence-corrected chi connectivity index (χ3v) is 3.76. The Morgan fingerprint density at radius 1 is 1.50 bits per heavy atom. The van der Waals surface area contributed by atoms with E-state index in [2.05, 4.69) is 29.4 Å². The SMILES string of the molecule is CC(C)N1CCC(CNC(=O)C2CNC2)C1. The number of likely N-dealkylation sites (tertiary alicyclic amines) is 1. The van der Waals surface area contributed by atoms with Crippen molar-refractivity contribution >= 4 is 5.91 Å². The van der Waals surface area contributed by atoms with Crippen molar-refractivity contribution in [2.24, 2.45) is 11.8 Å². The van der Waals surface area contributed by atoms with E-state index in [9.17, 15) is 4.79 Å². The van der Waals surface area contributed by atoms with Gasteiger partial charge in [0, 0.05) is 32.2 Å². The quantitative estimate of drug-likeness (QED) is 0.711. The Hall–Kier alpha value is -0.610. The number of carbonyl (C=O) groups excluding carboxylic acids is 1. The lowest BCUT2D eigenvalue weighted by atomic mass is 10.0. The largest absolute Gasteiger partial charge is 0.355 e. The van der Waals surface area contributed by atoms with Crippen molar-refractivity contribution in [1.29, 1.82) is 0 Å². The molecule has 16 heavy (non-hydrogen) atoms. The Bertz CT molecular complexity index is 251. The van der Waals surface area contributed by atoms with Crippen LogP contribution in [0.25, 0.3) is 0 Å². The van der Waals surface area contributed by atoms with Crippen LogP contribution < -0.4 is 10.6 Å². The fraction of sp³-hybridized carbons (Fsp3) is 0.917. The number of nitrogens with one attached hydrogen (secondary N) is 2. The Kier molecular flexibility index (Phi) is 3.82. The predicted octanol–water partition coefficient (Wildman–Crippen LogP) is 0.0523. The van der Waals surface area contributed by atoms with Crippen LogP contribution >= 0.6 is 0 Å². The fourth-order valence-electron chi connectivity index (χ4n) is 2.36. The van der Waals surface area contributed by atoms with E-state index in [0.29, 0.717) is 12.0 Å². The van der Waals surface area contributed by atoms with E-state index >= 15 is 0 Å². The average molecular weight is 225 g/mol. The molecule has 0 aromatic rings. The number of rotatable bonds is 4. The summed E-state index contributed by atoms with van der Waals surface area (Å²) in [6.45, 7) is 9.37. The summed E-state index contributed by atoms with van der Waals surface area (Å²) < 4.78 is 0. The van der Waals surface area contributed by atoms with E-state index in [0.717, 1.165) is 26.2 Å². The van der Waals surface area contributed by atoms with Crippen LogP contribution in [0.5, 0.6) is 0 Å². The number of carbonyl (C=O) groups is 1. The summed E-state index contributed by atoms with van der Waals surface area (Å²) in [4.78, 5) is 14.1. The summed E-state index contributed by atoms with van der Waals surface area (Å²) in [5.74, 6) is 1.11. The van der Waals surface area contributed by atoms with Gasteiger partial charge in [-0.15, -0.1) is 0 Å². The highest BCUT2D eigenvalue weighted by Crippen LogP contribution is 2.17. The molecular formula is C12H23N3O. The lowest BCUT2D eigenvalue weighted by Crippen LogP contribution is -2.51. The van der Waals surface area contributed by atoms with Crippen molar-refractivity contribution in [3.8, 4) is 0 Å². The smallest absolute Gasteiger partial charge is 0.225 e. The van der Waals surface area contributed by atoms with Crippen LogP contribution in [0.15, 0.2) is 0 Å². The van der Waals surface area contributed by atoms with Crippen molar-refractivity contribution < 1.29 is 4.79 Å². The van der Waals surface area contributed by atoms with Crippen molar-refractivity contribution in [3.63, 3.8) is 0 Å². The Morgan fingerprint density at radius 2 is 2.25 bits per heavy atom. The Labute approximate surface area is 97.8 Å². The highest BCUT2D eigenvalue weighted by Gasteiger charge is 2.27. The monoisotopic (exact) mass is 225 g/mol. The highest BCUT2D eigenvalue weighted by molar-refractivity contribution is 5.79. The summed E-state index contributed by atoms with van der Waals surface area (Å²) in [6.07, 6.45) is 1.22. The first-order valence-electron chi connectivity index (χ1n) is 6.39. The lowest BCUT2D eigenvalue weighted by molar-refractivity contribution is -0.126. The molecule has 2 fully saturated rings. The molecule has 2 aliphatic heterocycles. The third-order valence-electron chi connectivity index (χ3n) is 3.76. The van der Waals surface area contributed by atoms with Crippen molar-refractivity contribution in [3.05, 3.63) is 0 Å². The van der Waals surface area contributed by atoms with E-state index < -0.39 is 0 Å². The lowest BCUT2D eigenvalue weighted by Gasteiger charge is -2.26. The average Bonchev–Trinajstić information content (AvgIpc) is 2.60. The van der Waals surface area contributed by atoms with Crippen molar-refractivity contribution in [2.45, 2.75) is 26.3 Å². The van der Waals surface area contributed by atoms with Gasteiger partial charge in [-0.1, -0.05) is 0 Å². The van der Waals surface area contributed by atoms with Gasteiger partial charge in [-0.3, -0.25) is 4.79 Å². The normalized spacial score (nSPS) is 27.1. The first-order chi connectivity index (χ1) is 7.66. The molecule has 0 radical (unpaired) electrons. The minimum Gasteiger partial charge on any atom is -0.355 e. The molecule has 0 aromatic carbocycles. The third kappa shape index (κ3) is 2.74. The Morgan fingerprint density at radius 3 is 2.75 bits per heavy atom. The van der Waals surface area contributed by atoms with E-state index in [-0.39, 0.29) is 11.8 Å². The van der Waals surface area contributed by atoms with Gasteiger partial charge in [0.15, 0.2) is 0 Å². The second-order valence-corrected chi connectivity index (χ2v) is 5.34. The van der Waals surface area contributed by atoms with Crippen LogP contribution in [0.4, 0.5) is 0 Å². The van der Waals surface area contributed by atoms with E-state index in [1.165, 1.54) is 13.0 Å². The van der Waals surface area contributed by atoms with Gasteiger partial charge < -0.3 is 15.5 Å². The zero-order valence-corrected chi connectivity index (χ0v) is 10.3. The molecule has 4 nitrogen and oxygen atoms in total. The molecule has 0 saturated carbocycles. The summed E-state index contributed by atoms with van der Waals surface area (Å²) in [5.41, 5.74) is 0. The number of hydrogen-bond acceptors (Lipinski definition) is 3.